The zero-order chi connectivity index (χ0) is 13.1. The maximum Gasteiger partial charge on any atom is 0.0781 e. The summed E-state index contributed by atoms with van der Waals surface area (Å²) in [5.74, 6) is 0. The molecule has 0 saturated carbocycles. The molecular weight excluding hydrogens is 226 g/mol. The van der Waals surface area contributed by atoms with Gasteiger partial charge in [0.2, 0.25) is 0 Å². The van der Waals surface area contributed by atoms with Gasteiger partial charge in [-0.25, -0.2) is 0 Å². The van der Waals surface area contributed by atoms with E-state index in [1.165, 1.54) is 17.0 Å². The number of nitrogens with one attached hydrogen (secondary N) is 1. The molecule has 2 heterocycles. The first-order chi connectivity index (χ1) is 8.69. The lowest BCUT2D eigenvalue weighted by molar-refractivity contribution is 0.540. The van der Waals surface area contributed by atoms with E-state index < -0.39 is 0 Å². The zero-order valence-electron chi connectivity index (χ0n) is 11.5. The number of aryl methyl sites for hydroxylation is 2. The van der Waals surface area contributed by atoms with Gasteiger partial charge in [0.1, 0.15) is 0 Å². The zero-order valence-corrected chi connectivity index (χ0v) is 11.5. The Morgan fingerprint density at radius 1 is 1.33 bits per heavy atom. The number of hydrogen-bond donors (Lipinski definition) is 1. The van der Waals surface area contributed by atoms with Crippen LogP contribution >= 0.6 is 0 Å². The molecule has 0 bridgehead atoms. The molecule has 2 aromatic rings. The van der Waals surface area contributed by atoms with Crippen LogP contribution in [0.3, 0.4) is 0 Å². The van der Waals surface area contributed by atoms with E-state index in [1.807, 2.05) is 28.8 Å². The van der Waals surface area contributed by atoms with Crippen molar-refractivity contribution in [3.63, 3.8) is 0 Å². The molecule has 2 rings (SSSR count). The molecule has 5 heteroatoms. The van der Waals surface area contributed by atoms with Crippen LogP contribution < -0.4 is 5.32 Å². The lowest BCUT2D eigenvalue weighted by Crippen LogP contribution is -2.25. The Morgan fingerprint density at radius 2 is 2.11 bits per heavy atom. The summed E-state index contributed by atoms with van der Waals surface area (Å²) < 4.78 is 3.94. The van der Waals surface area contributed by atoms with Crippen LogP contribution in [0.15, 0.2) is 18.5 Å². The first kappa shape index (κ1) is 12.8. The van der Waals surface area contributed by atoms with Gasteiger partial charge in [0.15, 0.2) is 0 Å². The van der Waals surface area contributed by atoms with E-state index >= 15 is 0 Å². The van der Waals surface area contributed by atoms with E-state index in [4.69, 9.17) is 0 Å². The van der Waals surface area contributed by atoms with Crippen LogP contribution in [0.25, 0.3) is 0 Å². The lowest BCUT2D eigenvalue weighted by atomic mass is 10.0. The summed E-state index contributed by atoms with van der Waals surface area (Å²) >= 11 is 0. The van der Waals surface area contributed by atoms with Gasteiger partial charge in [-0.3, -0.25) is 9.36 Å². The predicted octanol–water partition coefficient (Wildman–Crippen LogP) is 1.64. The first-order valence-electron chi connectivity index (χ1n) is 6.42. The summed E-state index contributed by atoms with van der Waals surface area (Å²) in [5.41, 5.74) is 3.59. The Labute approximate surface area is 108 Å². The summed E-state index contributed by atoms with van der Waals surface area (Å²) in [4.78, 5) is 0. The third kappa shape index (κ3) is 2.18. The molecule has 0 amide bonds. The van der Waals surface area contributed by atoms with E-state index in [0.717, 1.165) is 13.1 Å². The van der Waals surface area contributed by atoms with Gasteiger partial charge < -0.3 is 5.32 Å². The summed E-state index contributed by atoms with van der Waals surface area (Å²) in [5, 5.41) is 12.2. The second-order valence-corrected chi connectivity index (χ2v) is 4.37. The Balaban J connectivity index is 2.43. The monoisotopic (exact) mass is 247 g/mol. The van der Waals surface area contributed by atoms with E-state index in [0.29, 0.717) is 0 Å². The minimum Gasteiger partial charge on any atom is -0.305 e. The molecule has 5 nitrogen and oxygen atoms in total. The van der Waals surface area contributed by atoms with Crippen molar-refractivity contribution in [2.24, 2.45) is 7.05 Å². The van der Waals surface area contributed by atoms with Gasteiger partial charge in [0.05, 0.1) is 17.9 Å². The summed E-state index contributed by atoms with van der Waals surface area (Å²) in [7, 11) is 1.97. The highest BCUT2D eigenvalue weighted by molar-refractivity contribution is 5.29. The van der Waals surface area contributed by atoms with Crippen LogP contribution in [0.4, 0.5) is 0 Å². The Hall–Kier alpha value is -1.62. The first-order valence-corrected chi connectivity index (χ1v) is 6.42. The molecular formula is C13H21N5. The van der Waals surface area contributed by atoms with Crippen molar-refractivity contribution in [3.05, 3.63) is 35.4 Å². The molecule has 98 valence electrons. The van der Waals surface area contributed by atoms with Gasteiger partial charge in [0.25, 0.3) is 0 Å². The number of aromatic nitrogens is 4. The molecule has 0 aromatic carbocycles. The average Bonchev–Trinajstić information content (AvgIpc) is 2.96. The van der Waals surface area contributed by atoms with Crippen LogP contribution in [0.1, 0.15) is 36.8 Å². The molecule has 1 N–H and O–H groups in total. The molecule has 0 aliphatic carbocycles. The van der Waals surface area contributed by atoms with Crippen molar-refractivity contribution in [2.75, 3.05) is 6.54 Å². The van der Waals surface area contributed by atoms with Gasteiger partial charge >= 0.3 is 0 Å². The molecule has 0 radical (unpaired) electrons. The number of hydrogen-bond acceptors (Lipinski definition) is 3. The number of rotatable bonds is 5. The van der Waals surface area contributed by atoms with Gasteiger partial charge in [-0.05, 0) is 26.5 Å². The van der Waals surface area contributed by atoms with Crippen LogP contribution in [-0.2, 0) is 13.6 Å². The van der Waals surface area contributed by atoms with Crippen molar-refractivity contribution in [1.82, 2.24) is 24.9 Å². The predicted molar refractivity (Wildman–Crippen MR) is 71.4 cm³/mol. The fourth-order valence-corrected chi connectivity index (χ4v) is 2.23. The topological polar surface area (TPSA) is 47.7 Å². The molecule has 18 heavy (non-hydrogen) atoms. The average molecular weight is 247 g/mol. The normalized spacial score (nSPS) is 12.9. The third-order valence-corrected chi connectivity index (χ3v) is 3.34. The fourth-order valence-electron chi connectivity index (χ4n) is 2.23. The Bertz CT molecular complexity index is 511. The largest absolute Gasteiger partial charge is 0.305 e. The van der Waals surface area contributed by atoms with Crippen molar-refractivity contribution in [3.8, 4) is 0 Å². The Morgan fingerprint density at radius 3 is 2.67 bits per heavy atom. The molecule has 0 saturated heterocycles. The van der Waals surface area contributed by atoms with Crippen molar-refractivity contribution >= 4 is 0 Å². The van der Waals surface area contributed by atoms with Crippen molar-refractivity contribution in [1.29, 1.82) is 0 Å². The number of nitrogens with zero attached hydrogens (tertiary/aromatic N) is 4. The Kier molecular flexibility index (Phi) is 3.81. The molecule has 2 aromatic heterocycles. The summed E-state index contributed by atoms with van der Waals surface area (Å²) in [6, 6.07) is 2.23. The highest BCUT2D eigenvalue weighted by Crippen LogP contribution is 2.24. The van der Waals surface area contributed by atoms with Gasteiger partial charge in [0, 0.05) is 31.0 Å². The van der Waals surface area contributed by atoms with Gasteiger partial charge in [-0.15, -0.1) is 0 Å². The van der Waals surface area contributed by atoms with Gasteiger partial charge in [-0.2, -0.15) is 10.2 Å². The molecule has 0 spiro atoms. The molecule has 1 unspecified atom stereocenters. The SMILES string of the molecule is CCNC(c1cnn(C)c1C)c1ccnn1CC. The van der Waals surface area contributed by atoms with Crippen LogP contribution in [0.2, 0.25) is 0 Å². The second-order valence-electron chi connectivity index (χ2n) is 4.37. The minimum absolute atomic E-state index is 0.158. The van der Waals surface area contributed by atoms with Crippen molar-refractivity contribution < 1.29 is 0 Å². The lowest BCUT2D eigenvalue weighted by Gasteiger charge is -2.19. The molecule has 0 fully saturated rings. The quantitative estimate of drug-likeness (QED) is 0.874. The molecule has 1 atom stereocenters. The van der Waals surface area contributed by atoms with Crippen molar-refractivity contribution in [2.45, 2.75) is 33.4 Å². The van der Waals surface area contributed by atoms with E-state index in [9.17, 15) is 0 Å². The molecule has 0 aliphatic rings. The minimum atomic E-state index is 0.158. The maximum absolute atomic E-state index is 4.35. The van der Waals surface area contributed by atoms with E-state index in [2.05, 4.69) is 42.4 Å². The summed E-state index contributed by atoms with van der Waals surface area (Å²) in [6.45, 7) is 8.11. The van der Waals surface area contributed by atoms with Crippen LogP contribution in [-0.4, -0.2) is 26.1 Å². The fraction of sp³-hybridized carbons (Fsp3) is 0.538. The summed E-state index contributed by atoms with van der Waals surface area (Å²) in [6.07, 6.45) is 3.80. The maximum atomic E-state index is 4.35. The highest BCUT2D eigenvalue weighted by atomic mass is 15.3. The third-order valence-electron chi connectivity index (χ3n) is 3.34. The second kappa shape index (κ2) is 5.35. The smallest absolute Gasteiger partial charge is 0.0781 e. The van der Waals surface area contributed by atoms with E-state index in [1.54, 1.807) is 0 Å². The van der Waals surface area contributed by atoms with Crippen LogP contribution in [0.5, 0.6) is 0 Å². The highest BCUT2D eigenvalue weighted by Gasteiger charge is 2.20. The van der Waals surface area contributed by atoms with Crippen LogP contribution in [0, 0.1) is 6.92 Å². The van der Waals surface area contributed by atoms with E-state index in [-0.39, 0.29) is 6.04 Å². The standard InChI is InChI=1S/C13H21N5/c1-5-14-13(11-9-16-17(4)10(11)3)12-7-8-15-18(12)6-2/h7-9,13-14H,5-6H2,1-4H3. The molecule has 0 aliphatic heterocycles. The van der Waals surface area contributed by atoms with Gasteiger partial charge in [-0.1, -0.05) is 6.92 Å².